The van der Waals surface area contributed by atoms with Crippen molar-refractivity contribution < 1.29 is 10.2 Å². The molecule has 116 valence electrons. The van der Waals surface area contributed by atoms with E-state index in [0.717, 1.165) is 31.4 Å². The number of hydrogen-bond donors (Lipinski definition) is 3. The van der Waals surface area contributed by atoms with Gasteiger partial charge in [0.2, 0.25) is 0 Å². The Kier molecular flexibility index (Phi) is 3.98. The number of benzene rings is 1. The number of aliphatic hydroxyl groups is 1. The van der Waals surface area contributed by atoms with Gasteiger partial charge < -0.3 is 15.5 Å². The predicted octanol–water partition coefficient (Wildman–Crippen LogP) is 3.39. The molecule has 0 aliphatic heterocycles. The fourth-order valence-electron chi connectivity index (χ4n) is 4.38. The van der Waals surface area contributed by atoms with E-state index in [4.69, 9.17) is 0 Å². The number of aliphatic hydroxyl groups excluding tert-OH is 1. The number of fused-ring (bicyclic) bond motifs is 1. The third kappa shape index (κ3) is 2.58. The highest BCUT2D eigenvalue weighted by Crippen LogP contribution is 2.46. The summed E-state index contributed by atoms with van der Waals surface area (Å²) in [5.74, 6) is 0.903. The topological polar surface area (TPSA) is 52.5 Å². The SMILES string of the molecule is Cc1ccc(O)c2c1C(C)CC2NCC1(CO)CCCC1. The molecule has 0 aromatic heterocycles. The molecule has 3 rings (SSSR count). The third-order valence-electron chi connectivity index (χ3n) is 5.64. The number of hydrogen-bond acceptors (Lipinski definition) is 3. The largest absolute Gasteiger partial charge is 0.508 e. The van der Waals surface area contributed by atoms with Gasteiger partial charge in [-0.05, 0) is 49.3 Å². The molecule has 2 unspecified atom stereocenters. The minimum atomic E-state index is 0.0609. The highest BCUT2D eigenvalue weighted by atomic mass is 16.3. The van der Waals surface area contributed by atoms with Gasteiger partial charge in [0.15, 0.2) is 0 Å². The summed E-state index contributed by atoms with van der Waals surface area (Å²) in [6.07, 6.45) is 5.72. The number of rotatable bonds is 4. The predicted molar refractivity (Wildman–Crippen MR) is 84.6 cm³/mol. The average molecular weight is 289 g/mol. The lowest BCUT2D eigenvalue weighted by Gasteiger charge is -2.29. The van der Waals surface area contributed by atoms with E-state index in [1.807, 2.05) is 12.1 Å². The Balaban J connectivity index is 1.79. The molecule has 3 N–H and O–H groups in total. The van der Waals surface area contributed by atoms with Gasteiger partial charge in [-0.1, -0.05) is 25.8 Å². The molecule has 1 fully saturated rings. The van der Waals surface area contributed by atoms with Crippen molar-refractivity contribution in [3.63, 3.8) is 0 Å². The van der Waals surface area contributed by atoms with E-state index in [0.29, 0.717) is 11.7 Å². The van der Waals surface area contributed by atoms with Crippen molar-refractivity contribution in [2.75, 3.05) is 13.2 Å². The Hall–Kier alpha value is -1.06. The van der Waals surface area contributed by atoms with E-state index in [-0.39, 0.29) is 18.1 Å². The van der Waals surface area contributed by atoms with Crippen molar-refractivity contribution in [3.8, 4) is 5.75 Å². The summed E-state index contributed by atoms with van der Waals surface area (Å²) in [4.78, 5) is 0. The van der Waals surface area contributed by atoms with Crippen LogP contribution >= 0.6 is 0 Å². The Morgan fingerprint density at radius 2 is 1.95 bits per heavy atom. The van der Waals surface area contributed by atoms with Crippen molar-refractivity contribution in [2.24, 2.45) is 5.41 Å². The molecule has 0 amide bonds. The zero-order valence-electron chi connectivity index (χ0n) is 13.2. The summed E-state index contributed by atoms with van der Waals surface area (Å²) < 4.78 is 0. The van der Waals surface area contributed by atoms with Crippen LogP contribution in [0.3, 0.4) is 0 Å². The quantitative estimate of drug-likeness (QED) is 0.796. The van der Waals surface area contributed by atoms with Crippen LogP contribution < -0.4 is 5.32 Å². The zero-order chi connectivity index (χ0) is 15.0. The summed E-state index contributed by atoms with van der Waals surface area (Å²) >= 11 is 0. The smallest absolute Gasteiger partial charge is 0.120 e. The van der Waals surface area contributed by atoms with Gasteiger partial charge in [-0.25, -0.2) is 0 Å². The van der Waals surface area contributed by atoms with Gasteiger partial charge in [0.25, 0.3) is 0 Å². The van der Waals surface area contributed by atoms with Gasteiger partial charge >= 0.3 is 0 Å². The second kappa shape index (κ2) is 5.62. The molecule has 2 aliphatic rings. The van der Waals surface area contributed by atoms with E-state index in [9.17, 15) is 10.2 Å². The molecule has 0 bridgehead atoms. The van der Waals surface area contributed by atoms with Crippen LogP contribution in [0.15, 0.2) is 12.1 Å². The molecular weight excluding hydrogens is 262 g/mol. The van der Waals surface area contributed by atoms with Crippen molar-refractivity contribution in [2.45, 2.75) is 57.9 Å². The van der Waals surface area contributed by atoms with Gasteiger partial charge in [0.05, 0.1) is 0 Å². The van der Waals surface area contributed by atoms with Crippen LogP contribution in [0, 0.1) is 12.3 Å². The first-order valence-corrected chi connectivity index (χ1v) is 8.23. The van der Waals surface area contributed by atoms with Crippen molar-refractivity contribution in [1.82, 2.24) is 5.32 Å². The Morgan fingerprint density at radius 1 is 1.24 bits per heavy atom. The number of nitrogens with one attached hydrogen (secondary N) is 1. The first kappa shape index (κ1) is 14.9. The first-order valence-electron chi connectivity index (χ1n) is 8.23. The number of phenols is 1. The van der Waals surface area contributed by atoms with Crippen molar-refractivity contribution >= 4 is 0 Å². The highest BCUT2D eigenvalue weighted by molar-refractivity contribution is 5.50. The van der Waals surface area contributed by atoms with E-state index in [1.165, 1.54) is 24.0 Å². The number of aromatic hydroxyl groups is 1. The molecule has 3 heteroatoms. The maximum Gasteiger partial charge on any atom is 0.120 e. The average Bonchev–Trinajstić information content (AvgIpc) is 3.07. The number of aryl methyl sites for hydroxylation is 1. The van der Waals surface area contributed by atoms with Crippen molar-refractivity contribution in [1.29, 1.82) is 0 Å². The maximum absolute atomic E-state index is 10.3. The van der Waals surface area contributed by atoms with E-state index in [1.54, 1.807) is 0 Å². The second-order valence-corrected chi connectivity index (χ2v) is 7.16. The number of phenolic OH excluding ortho intramolecular Hbond substituents is 1. The minimum absolute atomic E-state index is 0.0609. The van der Waals surface area contributed by atoms with E-state index in [2.05, 4.69) is 19.2 Å². The van der Waals surface area contributed by atoms with E-state index >= 15 is 0 Å². The Bertz CT molecular complexity index is 520. The van der Waals surface area contributed by atoms with Gasteiger partial charge in [-0.2, -0.15) is 0 Å². The lowest BCUT2D eigenvalue weighted by Crippen LogP contribution is -2.36. The molecule has 3 nitrogen and oxygen atoms in total. The molecule has 21 heavy (non-hydrogen) atoms. The molecule has 0 saturated heterocycles. The monoisotopic (exact) mass is 289 g/mol. The molecular formula is C18H27NO2. The molecule has 0 spiro atoms. The third-order valence-corrected chi connectivity index (χ3v) is 5.64. The summed E-state index contributed by atoms with van der Waals surface area (Å²) in [6.45, 7) is 5.50. The lowest BCUT2D eigenvalue weighted by molar-refractivity contribution is 0.124. The van der Waals surface area contributed by atoms with E-state index < -0.39 is 0 Å². The van der Waals surface area contributed by atoms with Crippen LogP contribution in [0.25, 0.3) is 0 Å². The lowest BCUT2D eigenvalue weighted by atomic mass is 9.86. The molecule has 1 saturated carbocycles. The fourth-order valence-corrected chi connectivity index (χ4v) is 4.38. The summed E-state index contributed by atoms with van der Waals surface area (Å²) in [7, 11) is 0. The van der Waals surface area contributed by atoms with Crippen LogP contribution in [-0.2, 0) is 0 Å². The van der Waals surface area contributed by atoms with Crippen molar-refractivity contribution in [3.05, 3.63) is 28.8 Å². The Labute approximate surface area is 127 Å². The second-order valence-electron chi connectivity index (χ2n) is 7.16. The molecule has 2 aliphatic carbocycles. The van der Waals surface area contributed by atoms with Gasteiger partial charge in [-0.15, -0.1) is 0 Å². The molecule has 0 heterocycles. The molecule has 1 aromatic rings. The van der Waals surface area contributed by atoms with Gasteiger partial charge in [0, 0.05) is 30.2 Å². The maximum atomic E-state index is 10.3. The highest BCUT2D eigenvalue weighted by Gasteiger charge is 2.36. The summed E-state index contributed by atoms with van der Waals surface area (Å²) in [5.41, 5.74) is 3.74. The summed E-state index contributed by atoms with van der Waals surface area (Å²) in [6, 6.07) is 4.05. The fraction of sp³-hybridized carbons (Fsp3) is 0.667. The van der Waals surface area contributed by atoms with Crippen LogP contribution in [0.2, 0.25) is 0 Å². The summed E-state index contributed by atoms with van der Waals surface area (Å²) in [5, 5.41) is 23.7. The normalized spacial score (nSPS) is 27.0. The standard InChI is InChI=1S/C18H27NO2/c1-12-5-6-15(21)17-14(9-13(2)16(12)17)19-10-18(11-20)7-3-4-8-18/h5-6,13-14,19-21H,3-4,7-11H2,1-2H3. The molecule has 2 atom stereocenters. The molecule has 0 radical (unpaired) electrons. The zero-order valence-corrected chi connectivity index (χ0v) is 13.2. The van der Waals surface area contributed by atoms with Crippen LogP contribution in [0.5, 0.6) is 5.75 Å². The Morgan fingerprint density at radius 3 is 2.62 bits per heavy atom. The van der Waals surface area contributed by atoms with Crippen LogP contribution in [0.1, 0.15) is 67.7 Å². The van der Waals surface area contributed by atoms with Crippen LogP contribution in [-0.4, -0.2) is 23.4 Å². The minimum Gasteiger partial charge on any atom is -0.508 e. The van der Waals surface area contributed by atoms with Gasteiger partial charge in [0.1, 0.15) is 5.75 Å². The first-order chi connectivity index (χ1) is 10.1. The van der Waals surface area contributed by atoms with Gasteiger partial charge in [-0.3, -0.25) is 0 Å². The molecule has 1 aromatic carbocycles. The van der Waals surface area contributed by atoms with Crippen LogP contribution in [0.4, 0.5) is 0 Å².